The molecule has 1 unspecified atom stereocenters. The zero-order valence-electron chi connectivity index (χ0n) is 12.5. The van der Waals surface area contributed by atoms with Gasteiger partial charge in [0.2, 0.25) is 0 Å². The normalized spacial score (nSPS) is 21.9. The highest BCUT2D eigenvalue weighted by Crippen LogP contribution is 2.20. The third-order valence-electron chi connectivity index (χ3n) is 3.79. The van der Waals surface area contributed by atoms with Gasteiger partial charge in [-0.15, -0.1) is 0 Å². The minimum absolute atomic E-state index is 0.0756. The molecule has 5 nitrogen and oxygen atoms in total. The number of carbonyl (C=O) groups excluding carboxylic acids is 1. The molecule has 20 heavy (non-hydrogen) atoms. The molecule has 1 atom stereocenters. The van der Waals surface area contributed by atoms with Gasteiger partial charge < -0.3 is 9.47 Å². The van der Waals surface area contributed by atoms with E-state index in [9.17, 15) is 13.2 Å². The maximum Gasteiger partial charge on any atom is 0.255 e. The van der Waals surface area contributed by atoms with E-state index in [-0.39, 0.29) is 29.0 Å². The van der Waals surface area contributed by atoms with Gasteiger partial charge >= 0.3 is 0 Å². The molecule has 0 spiro atoms. The van der Waals surface area contributed by atoms with Crippen LogP contribution in [0.25, 0.3) is 0 Å². The largest absolute Gasteiger partial charge is 0.348 e. The second kappa shape index (κ2) is 4.91. The molecule has 0 saturated carbocycles. The van der Waals surface area contributed by atoms with Gasteiger partial charge in [-0.3, -0.25) is 4.79 Å². The molecule has 1 saturated heterocycles. The maximum atomic E-state index is 12.4. The van der Waals surface area contributed by atoms with Crippen molar-refractivity contribution in [2.24, 2.45) is 0 Å². The van der Waals surface area contributed by atoms with Crippen LogP contribution in [0.1, 0.15) is 37.6 Å². The highest BCUT2D eigenvalue weighted by atomic mass is 32.2. The number of carbonyl (C=O) groups is 1. The number of hydrogen-bond donors (Lipinski definition) is 0. The van der Waals surface area contributed by atoms with Gasteiger partial charge in [0, 0.05) is 31.0 Å². The van der Waals surface area contributed by atoms with E-state index < -0.39 is 9.84 Å². The summed E-state index contributed by atoms with van der Waals surface area (Å²) >= 11 is 0. The van der Waals surface area contributed by atoms with Crippen molar-refractivity contribution in [2.75, 3.05) is 18.6 Å². The van der Waals surface area contributed by atoms with Crippen molar-refractivity contribution < 1.29 is 13.2 Å². The second-order valence-electron chi connectivity index (χ2n) is 6.45. The Morgan fingerprint density at radius 3 is 2.50 bits per heavy atom. The SMILES string of the molecule is CN(C(=O)c1ccn(C(C)(C)C)c1)C1CCS(=O)(=O)C1. The molecule has 1 aliphatic heterocycles. The number of aromatic nitrogens is 1. The van der Waals surface area contributed by atoms with Gasteiger partial charge in [-0.1, -0.05) is 0 Å². The van der Waals surface area contributed by atoms with Crippen molar-refractivity contribution in [3.63, 3.8) is 0 Å². The number of sulfone groups is 1. The Bertz CT molecular complexity index is 611. The van der Waals surface area contributed by atoms with Gasteiger partial charge in [0.1, 0.15) is 0 Å². The Morgan fingerprint density at radius 1 is 1.40 bits per heavy atom. The molecule has 1 fully saturated rings. The molecule has 112 valence electrons. The van der Waals surface area contributed by atoms with E-state index in [0.717, 1.165) is 0 Å². The molecule has 0 aliphatic carbocycles. The zero-order chi connectivity index (χ0) is 15.1. The fourth-order valence-electron chi connectivity index (χ4n) is 2.39. The van der Waals surface area contributed by atoms with E-state index >= 15 is 0 Å². The van der Waals surface area contributed by atoms with E-state index in [1.54, 1.807) is 18.0 Å². The van der Waals surface area contributed by atoms with E-state index in [4.69, 9.17) is 0 Å². The third kappa shape index (κ3) is 3.06. The smallest absolute Gasteiger partial charge is 0.255 e. The lowest BCUT2D eigenvalue weighted by Gasteiger charge is -2.23. The summed E-state index contributed by atoms with van der Waals surface area (Å²) in [5.74, 6) is 0.142. The van der Waals surface area contributed by atoms with Crippen LogP contribution < -0.4 is 0 Å². The molecule has 0 radical (unpaired) electrons. The topological polar surface area (TPSA) is 59.4 Å². The molecule has 2 rings (SSSR count). The Morgan fingerprint density at radius 2 is 2.05 bits per heavy atom. The minimum atomic E-state index is -2.97. The van der Waals surface area contributed by atoms with E-state index in [1.165, 1.54) is 0 Å². The highest BCUT2D eigenvalue weighted by molar-refractivity contribution is 7.91. The first-order valence-corrected chi connectivity index (χ1v) is 8.58. The predicted octanol–water partition coefficient (Wildman–Crippen LogP) is 1.50. The van der Waals surface area contributed by atoms with Gasteiger partial charge in [-0.25, -0.2) is 8.42 Å². The van der Waals surface area contributed by atoms with E-state index in [2.05, 4.69) is 20.8 Å². The van der Waals surface area contributed by atoms with Crippen molar-refractivity contribution in [3.05, 3.63) is 24.0 Å². The monoisotopic (exact) mass is 298 g/mol. The number of amides is 1. The molecule has 1 aromatic heterocycles. The molecule has 0 bridgehead atoms. The third-order valence-corrected chi connectivity index (χ3v) is 5.54. The Labute approximate surface area is 120 Å². The first kappa shape index (κ1) is 15.1. The lowest BCUT2D eigenvalue weighted by molar-refractivity contribution is 0.0747. The van der Waals surface area contributed by atoms with Crippen LogP contribution in [0.15, 0.2) is 18.5 Å². The van der Waals surface area contributed by atoms with E-state index in [1.807, 2.05) is 17.0 Å². The molecule has 1 amide bonds. The summed E-state index contributed by atoms with van der Waals surface area (Å²) in [4.78, 5) is 14.0. The molecule has 2 heterocycles. The van der Waals surface area contributed by atoms with Crippen LogP contribution >= 0.6 is 0 Å². The predicted molar refractivity (Wildman–Crippen MR) is 78.6 cm³/mol. The van der Waals surface area contributed by atoms with Crippen molar-refractivity contribution in [1.82, 2.24) is 9.47 Å². The van der Waals surface area contributed by atoms with Gasteiger partial charge in [-0.2, -0.15) is 0 Å². The molecular formula is C14H22N2O3S. The number of rotatable bonds is 2. The number of hydrogen-bond acceptors (Lipinski definition) is 3. The van der Waals surface area contributed by atoms with Crippen molar-refractivity contribution >= 4 is 15.7 Å². The van der Waals surface area contributed by atoms with Crippen molar-refractivity contribution in [1.29, 1.82) is 0 Å². The standard InChI is InChI=1S/C14H22N2O3S/c1-14(2,3)16-7-5-11(9-16)13(17)15(4)12-6-8-20(18,19)10-12/h5,7,9,12H,6,8,10H2,1-4H3. The molecule has 1 aliphatic rings. The highest BCUT2D eigenvalue weighted by Gasteiger charge is 2.33. The molecular weight excluding hydrogens is 276 g/mol. The van der Waals surface area contributed by atoms with Gasteiger partial charge in [0.25, 0.3) is 5.91 Å². The molecule has 0 N–H and O–H groups in total. The zero-order valence-corrected chi connectivity index (χ0v) is 13.3. The summed E-state index contributed by atoms with van der Waals surface area (Å²) in [7, 11) is -1.29. The summed E-state index contributed by atoms with van der Waals surface area (Å²) in [6, 6.07) is 1.58. The average molecular weight is 298 g/mol. The van der Waals surface area contributed by atoms with Crippen molar-refractivity contribution in [2.45, 2.75) is 38.8 Å². The van der Waals surface area contributed by atoms with E-state index in [0.29, 0.717) is 12.0 Å². The average Bonchev–Trinajstić information content (AvgIpc) is 2.92. The Hall–Kier alpha value is -1.30. The second-order valence-corrected chi connectivity index (χ2v) is 8.68. The van der Waals surface area contributed by atoms with Gasteiger partial charge in [0.15, 0.2) is 9.84 Å². The van der Waals surface area contributed by atoms with Crippen LogP contribution in [0.4, 0.5) is 0 Å². The number of nitrogens with zero attached hydrogens (tertiary/aromatic N) is 2. The van der Waals surface area contributed by atoms with Crippen molar-refractivity contribution in [3.8, 4) is 0 Å². The molecule has 0 aromatic carbocycles. The van der Waals surface area contributed by atoms with Crippen LogP contribution in [0.5, 0.6) is 0 Å². The molecule has 1 aromatic rings. The Balaban J connectivity index is 2.14. The Kier molecular flexibility index (Phi) is 3.71. The molecule has 6 heteroatoms. The summed E-state index contributed by atoms with van der Waals surface area (Å²) in [6.45, 7) is 6.19. The first-order valence-electron chi connectivity index (χ1n) is 6.76. The summed E-state index contributed by atoms with van der Waals surface area (Å²) in [6.07, 6.45) is 4.24. The summed E-state index contributed by atoms with van der Waals surface area (Å²) in [5.41, 5.74) is 0.528. The maximum absolute atomic E-state index is 12.4. The van der Waals surface area contributed by atoms with Crippen LogP contribution in [-0.4, -0.2) is 48.4 Å². The van der Waals surface area contributed by atoms with Crippen LogP contribution in [0.3, 0.4) is 0 Å². The van der Waals surface area contributed by atoms with Gasteiger partial charge in [-0.05, 0) is 33.3 Å². The first-order chi connectivity index (χ1) is 9.10. The fraction of sp³-hybridized carbons (Fsp3) is 0.643. The summed E-state index contributed by atoms with van der Waals surface area (Å²) < 4.78 is 25.0. The lowest BCUT2D eigenvalue weighted by Crippen LogP contribution is -2.37. The minimum Gasteiger partial charge on any atom is -0.348 e. The van der Waals surface area contributed by atoms with Gasteiger partial charge in [0.05, 0.1) is 17.1 Å². The van der Waals surface area contributed by atoms with Crippen LogP contribution in [0, 0.1) is 0 Å². The quantitative estimate of drug-likeness (QED) is 0.831. The lowest BCUT2D eigenvalue weighted by atomic mass is 10.1. The van der Waals surface area contributed by atoms with Crippen LogP contribution in [-0.2, 0) is 15.4 Å². The van der Waals surface area contributed by atoms with Crippen LogP contribution in [0.2, 0.25) is 0 Å². The fourth-order valence-corrected chi connectivity index (χ4v) is 4.16. The summed E-state index contributed by atoms with van der Waals surface area (Å²) in [5, 5.41) is 0.